The van der Waals surface area contributed by atoms with Crippen LogP contribution in [0.5, 0.6) is 0 Å². The molecule has 0 bridgehead atoms. The number of aromatic nitrogens is 1. The van der Waals surface area contributed by atoms with Crippen molar-refractivity contribution >= 4 is 17.9 Å². The Hall–Kier alpha value is -1.58. The Bertz CT molecular complexity index is 337. The van der Waals surface area contributed by atoms with Crippen LogP contribution < -0.4 is 5.73 Å². The molecule has 1 aromatic heterocycles. The summed E-state index contributed by atoms with van der Waals surface area (Å²) < 4.78 is 1.88. The summed E-state index contributed by atoms with van der Waals surface area (Å²) in [4.78, 5) is 14.7. The van der Waals surface area contributed by atoms with Crippen molar-refractivity contribution in [2.75, 3.05) is 0 Å². The molecule has 1 aliphatic rings. The number of hydrogen-bond donors (Lipinski definition) is 1. The fourth-order valence-corrected chi connectivity index (χ4v) is 1.11. The molecule has 0 saturated heterocycles. The SMILES string of the molecule is NC(=O)c1cc2n(c1)CC=N2. The molecule has 2 heterocycles. The van der Waals surface area contributed by atoms with E-state index in [2.05, 4.69) is 4.99 Å². The van der Waals surface area contributed by atoms with Gasteiger partial charge in [0, 0.05) is 12.4 Å². The van der Waals surface area contributed by atoms with Gasteiger partial charge in [-0.2, -0.15) is 0 Å². The highest BCUT2D eigenvalue weighted by atomic mass is 16.1. The predicted octanol–water partition coefficient (Wildman–Crippen LogP) is 0.303. The standard InChI is InChI=1S/C7H7N3O/c8-7(11)5-3-6-9-1-2-10(6)4-5/h1,3-4H,2H2,(H2,8,11). The van der Waals surface area contributed by atoms with E-state index in [-0.39, 0.29) is 0 Å². The van der Waals surface area contributed by atoms with Gasteiger partial charge >= 0.3 is 0 Å². The van der Waals surface area contributed by atoms with Crippen LogP contribution in [0, 0.1) is 0 Å². The van der Waals surface area contributed by atoms with E-state index in [0.29, 0.717) is 5.56 Å². The second-order valence-corrected chi connectivity index (χ2v) is 2.42. The maximum Gasteiger partial charge on any atom is 0.250 e. The maximum atomic E-state index is 10.7. The normalized spacial score (nSPS) is 13.5. The minimum atomic E-state index is -0.401. The summed E-state index contributed by atoms with van der Waals surface area (Å²) >= 11 is 0. The predicted molar refractivity (Wildman–Crippen MR) is 41.1 cm³/mol. The topological polar surface area (TPSA) is 60.4 Å². The first kappa shape index (κ1) is 6.15. The fourth-order valence-electron chi connectivity index (χ4n) is 1.11. The van der Waals surface area contributed by atoms with E-state index in [0.717, 1.165) is 12.4 Å². The summed E-state index contributed by atoms with van der Waals surface area (Å²) in [5.41, 5.74) is 5.60. The third kappa shape index (κ3) is 0.832. The summed E-state index contributed by atoms with van der Waals surface area (Å²) in [7, 11) is 0. The van der Waals surface area contributed by atoms with E-state index in [1.165, 1.54) is 0 Å². The number of fused-ring (bicyclic) bond motifs is 1. The van der Waals surface area contributed by atoms with Gasteiger partial charge in [0.15, 0.2) is 0 Å². The highest BCUT2D eigenvalue weighted by Gasteiger charge is 2.10. The van der Waals surface area contributed by atoms with E-state index in [4.69, 9.17) is 5.73 Å². The van der Waals surface area contributed by atoms with Gasteiger partial charge in [0.1, 0.15) is 5.82 Å². The van der Waals surface area contributed by atoms with Gasteiger partial charge in [-0.15, -0.1) is 0 Å². The first-order valence-electron chi connectivity index (χ1n) is 3.30. The Morgan fingerprint density at radius 2 is 2.55 bits per heavy atom. The van der Waals surface area contributed by atoms with Gasteiger partial charge in [-0.3, -0.25) is 4.79 Å². The lowest BCUT2D eigenvalue weighted by molar-refractivity contribution is 0.100. The molecule has 1 aromatic rings. The zero-order valence-electron chi connectivity index (χ0n) is 5.82. The number of carbonyl (C=O) groups excluding carboxylic acids is 1. The number of amides is 1. The molecule has 56 valence electrons. The number of rotatable bonds is 1. The van der Waals surface area contributed by atoms with Gasteiger partial charge in [0.25, 0.3) is 0 Å². The maximum absolute atomic E-state index is 10.7. The Morgan fingerprint density at radius 1 is 1.73 bits per heavy atom. The molecule has 0 fully saturated rings. The van der Waals surface area contributed by atoms with Crippen LogP contribution in [0.2, 0.25) is 0 Å². The van der Waals surface area contributed by atoms with Gasteiger partial charge in [0.05, 0.1) is 12.1 Å². The van der Waals surface area contributed by atoms with Crippen molar-refractivity contribution in [3.05, 3.63) is 17.8 Å². The van der Waals surface area contributed by atoms with Crippen molar-refractivity contribution in [3.8, 4) is 0 Å². The minimum Gasteiger partial charge on any atom is -0.366 e. The average Bonchev–Trinajstić information content (AvgIpc) is 2.40. The summed E-state index contributed by atoms with van der Waals surface area (Å²) in [5.74, 6) is 0.404. The first-order valence-corrected chi connectivity index (χ1v) is 3.30. The number of carbonyl (C=O) groups is 1. The molecule has 0 unspecified atom stereocenters. The lowest BCUT2D eigenvalue weighted by atomic mass is 10.3. The van der Waals surface area contributed by atoms with Crippen LogP contribution >= 0.6 is 0 Å². The van der Waals surface area contributed by atoms with Crippen LogP contribution in [-0.4, -0.2) is 16.7 Å². The number of aliphatic imine (C=N–C) groups is 1. The number of nitrogens with zero attached hydrogens (tertiary/aromatic N) is 2. The molecule has 4 heteroatoms. The van der Waals surface area contributed by atoms with Crippen molar-refractivity contribution in [2.24, 2.45) is 10.7 Å². The molecule has 4 nitrogen and oxygen atoms in total. The van der Waals surface area contributed by atoms with Crippen LogP contribution in [0.25, 0.3) is 0 Å². The molecule has 1 aliphatic heterocycles. The lowest BCUT2D eigenvalue weighted by Crippen LogP contribution is -2.09. The highest BCUT2D eigenvalue weighted by molar-refractivity contribution is 5.94. The smallest absolute Gasteiger partial charge is 0.250 e. The quantitative estimate of drug-likeness (QED) is 0.613. The molecular weight excluding hydrogens is 142 g/mol. The highest BCUT2D eigenvalue weighted by Crippen LogP contribution is 2.19. The summed E-state index contributed by atoms with van der Waals surface area (Å²) in [6.07, 6.45) is 3.50. The second kappa shape index (κ2) is 1.95. The van der Waals surface area contributed by atoms with E-state index in [1.807, 2.05) is 4.57 Å². The Balaban J connectivity index is 2.49. The number of primary amides is 1. The first-order chi connectivity index (χ1) is 5.27. The third-order valence-corrected chi connectivity index (χ3v) is 1.66. The zero-order chi connectivity index (χ0) is 7.84. The molecule has 0 spiro atoms. The van der Waals surface area contributed by atoms with Crippen molar-refractivity contribution < 1.29 is 4.79 Å². The lowest BCUT2D eigenvalue weighted by Gasteiger charge is -1.89. The molecule has 0 aromatic carbocycles. The third-order valence-electron chi connectivity index (χ3n) is 1.66. The number of hydrogen-bond acceptors (Lipinski definition) is 2. The van der Waals surface area contributed by atoms with E-state index < -0.39 is 5.91 Å². The largest absolute Gasteiger partial charge is 0.366 e. The molecule has 0 atom stereocenters. The van der Waals surface area contributed by atoms with E-state index in [1.54, 1.807) is 18.5 Å². The van der Waals surface area contributed by atoms with Gasteiger partial charge in [-0.05, 0) is 6.07 Å². The molecule has 11 heavy (non-hydrogen) atoms. The summed E-state index contributed by atoms with van der Waals surface area (Å²) in [5, 5.41) is 0. The van der Waals surface area contributed by atoms with Crippen LogP contribution in [-0.2, 0) is 6.54 Å². The van der Waals surface area contributed by atoms with Crippen LogP contribution in [0.15, 0.2) is 17.3 Å². The number of nitrogens with two attached hydrogens (primary N) is 1. The second-order valence-electron chi connectivity index (χ2n) is 2.42. The Kier molecular flexibility index (Phi) is 1.09. The molecule has 0 saturated carbocycles. The molecular formula is C7H7N3O. The van der Waals surface area contributed by atoms with Gasteiger partial charge in [0.2, 0.25) is 5.91 Å². The summed E-state index contributed by atoms with van der Waals surface area (Å²) in [6.45, 7) is 0.739. The van der Waals surface area contributed by atoms with Crippen LogP contribution in [0.4, 0.5) is 5.82 Å². The Morgan fingerprint density at radius 3 is 3.18 bits per heavy atom. The van der Waals surface area contributed by atoms with E-state index in [9.17, 15) is 4.79 Å². The van der Waals surface area contributed by atoms with E-state index >= 15 is 0 Å². The van der Waals surface area contributed by atoms with Crippen molar-refractivity contribution in [1.29, 1.82) is 0 Å². The zero-order valence-corrected chi connectivity index (χ0v) is 5.82. The van der Waals surface area contributed by atoms with Crippen molar-refractivity contribution in [2.45, 2.75) is 6.54 Å². The van der Waals surface area contributed by atoms with Gasteiger partial charge < -0.3 is 10.3 Å². The van der Waals surface area contributed by atoms with Crippen LogP contribution in [0.1, 0.15) is 10.4 Å². The van der Waals surface area contributed by atoms with Crippen molar-refractivity contribution in [3.63, 3.8) is 0 Å². The average molecular weight is 149 g/mol. The molecule has 1 amide bonds. The van der Waals surface area contributed by atoms with Crippen LogP contribution in [0.3, 0.4) is 0 Å². The molecule has 2 N–H and O–H groups in total. The minimum absolute atomic E-state index is 0.401. The summed E-state index contributed by atoms with van der Waals surface area (Å²) in [6, 6.07) is 1.69. The fraction of sp³-hybridized carbons (Fsp3) is 0.143. The van der Waals surface area contributed by atoms with Gasteiger partial charge in [-0.1, -0.05) is 0 Å². The van der Waals surface area contributed by atoms with Crippen molar-refractivity contribution in [1.82, 2.24) is 4.57 Å². The van der Waals surface area contributed by atoms with Gasteiger partial charge in [-0.25, -0.2) is 4.99 Å². The molecule has 2 rings (SSSR count). The molecule has 0 radical (unpaired) electrons. The monoisotopic (exact) mass is 149 g/mol. The Labute approximate surface area is 63.3 Å². The molecule has 0 aliphatic carbocycles.